The first kappa shape index (κ1) is 17.9. The van der Waals surface area contributed by atoms with Crippen molar-refractivity contribution in [3.05, 3.63) is 59.7 Å². The molecule has 6 heteroatoms. The number of para-hydroxylation sites is 2. The van der Waals surface area contributed by atoms with E-state index in [4.69, 9.17) is 4.74 Å². The summed E-state index contributed by atoms with van der Waals surface area (Å²) in [7, 11) is 4.05. The van der Waals surface area contributed by atoms with E-state index in [9.17, 15) is 9.59 Å². The van der Waals surface area contributed by atoms with Crippen LogP contribution in [0.25, 0.3) is 0 Å². The summed E-state index contributed by atoms with van der Waals surface area (Å²) < 4.78 is 5.64. The van der Waals surface area contributed by atoms with Crippen molar-refractivity contribution in [2.75, 3.05) is 19.4 Å². The topological polar surface area (TPSA) is 70.7 Å². The second-order valence-electron chi connectivity index (χ2n) is 6.63. The first-order chi connectivity index (χ1) is 12.5. The van der Waals surface area contributed by atoms with Crippen molar-refractivity contribution in [1.29, 1.82) is 0 Å². The van der Waals surface area contributed by atoms with Crippen molar-refractivity contribution in [1.82, 2.24) is 10.2 Å². The largest absolute Gasteiger partial charge is 0.478 e. The van der Waals surface area contributed by atoms with Crippen LogP contribution in [0, 0.1) is 0 Å². The summed E-state index contributed by atoms with van der Waals surface area (Å²) in [4.78, 5) is 26.4. The number of hydrogen-bond donors (Lipinski definition) is 2. The molecule has 0 bridgehead atoms. The van der Waals surface area contributed by atoms with Gasteiger partial charge >= 0.3 is 0 Å². The summed E-state index contributed by atoms with van der Waals surface area (Å²) in [5.74, 6) is 0.0650. The second-order valence-corrected chi connectivity index (χ2v) is 6.63. The van der Waals surface area contributed by atoms with E-state index in [2.05, 4.69) is 27.7 Å². The summed E-state index contributed by atoms with van der Waals surface area (Å²) in [5, 5.41) is 5.60. The Morgan fingerprint density at radius 3 is 2.54 bits per heavy atom. The number of carbonyl (C=O) groups excluding carboxylic acids is 2. The van der Waals surface area contributed by atoms with Crippen molar-refractivity contribution in [3.8, 4) is 5.75 Å². The standard InChI is InChI=1S/C20H23N3O3/c1-23(2)13-15-9-7-14(8-10-15)12-21-19(24)11-18-20(25)22-16-5-3-4-6-17(16)26-18/h3-10,18H,11-13H2,1-2H3,(H,21,24)(H,22,25)/t18-/m1/s1. The molecule has 0 aromatic heterocycles. The number of carbonyl (C=O) groups is 2. The normalized spacial score (nSPS) is 15.8. The van der Waals surface area contributed by atoms with Crippen LogP contribution in [-0.4, -0.2) is 36.9 Å². The highest BCUT2D eigenvalue weighted by Crippen LogP contribution is 2.29. The van der Waals surface area contributed by atoms with Gasteiger partial charge in [-0.15, -0.1) is 0 Å². The number of nitrogens with zero attached hydrogens (tertiary/aromatic N) is 1. The Bertz CT molecular complexity index is 787. The van der Waals surface area contributed by atoms with Crippen LogP contribution in [0.2, 0.25) is 0 Å². The highest BCUT2D eigenvalue weighted by Gasteiger charge is 2.29. The van der Waals surface area contributed by atoms with Crippen LogP contribution in [-0.2, 0) is 22.7 Å². The van der Waals surface area contributed by atoms with Gasteiger partial charge in [-0.2, -0.15) is 0 Å². The van der Waals surface area contributed by atoms with E-state index in [1.165, 1.54) is 5.56 Å². The molecule has 0 saturated heterocycles. The fourth-order valence-electron chi connectivity index (χ4n) is 2.80. The lowest BCUT2D eigenvalue weighted by molar-refractivity contribution is -0.130. The van der Waals surface area contributed by atoms with Crippen LogP contribution in [0.5, 0.6) is 5.75 Å². The highest BCUT2D eigenvalue weighted by molar-refractivity contribution is 5.99. The number of amides is 2. The molecule has 0 saturated carbocycles. The lowest BCUT2D eigenvalue weighted by Crippen LogP contribution is -2.40. The van der Waals surface area contributed by atoms with E-state index in [-0.39, 0.29) is 18.2 Å². The van der Waals surface area contributed by atoms with Gasteiger partial charge in [0.2, 0.25) is 5.91 Å². The zero-order chi connectivity index (χ0) is 18.5. The Morgan fingerprint density at radius 1 is 1.12 bits per heavy atom. The zero-order valence-electron chi connectivity index (χ0n) is 15.0. The van der Waals surface area contributed by atoms with Crippen LogP contribution >= 0.6 is 0 Å². The Hall–Kier alpha value is -2.86. The molecule has 2 amide bonds. The van der Waals surface area contributed by atoms with Gasteiger partial charge in [0.25, 0.3) is 5.91 Å². The Balaban J connectivity index is 1.51. The average molecular weight is 353 g/mol. The Morgan fingerprint density at radius 2 is 1.81 bits per heavy atom. The van der Waals surface area contributed by atoms with Crippen molar-refractivity contribution >= 4 is 17.5 Å². The third-order valence-corrected chi connectivity index (χ3v) is 4.09. The monoisotopic (exact) mass is 353 g/mol. The minimum Gasteiger partial charge on any atom is -0.478 e. The number of ether oxygens (including phenoxy) is 1. The molecule has 2 aromatic rings. The van der Waals surface area contributed by atoms with Gasteiger partial charge in [-0.3, -0.25) is 9.59 Å². The number of rotatable bonds is 6. The number of nitrogens with one attached hydrogen (secondary N) is 2. The quantitative estimate of drug-likeness (QED) is 0.835. The minimum absolute atomic E-state index is 0.0150. The molecular formula is C20H23N3O3. The molecule has 6 nitrogen and oxygen atoms in total. The van der Waals surface area contributed by atoms with Gasteiger partial charge in [0.1, 0.15) is 5.75 Å². The Kier molecular flexibility index (Phi) is 5.53. The van der Waals surface area contributed by atoms with Crippen LogP contribution in [0.3, 0.4) is 0 Å². The maximum atomic E-state index is 12.2. The fourth-order valence-corrected chi connectivity index (χ4v) is 2.80. The van der Waals surface area contributed by atoms with Crippen LogP contribution < -0.4 is 15.4 Å². The van der Waals surface area contributed by atoms with Crippen molar-refractivity contribution in [2.24, 2.45) is 0 Å². The maximum Gasteiger partial charge on any atom is 0.266 e. The third kappa shape index (κ3) is 4.61. The molecule has 0 aliphatic carbocycles. The molecule has 0 spiro atoms. The van der Waals surface area contributed by atoms with Gasteiger partial charge < -0.3 is 20.3 Å². The molecule has 26 heavy (non-hydrogen) atoms. The van der Waals surface area contributed by atoms with Crippen molar-refractivity contribution < 1.29 is 14.3 Å². The van der Waals surface area contributed by atoms with E-state index in [1.807, 2.05) is 38.4 Å². The molecule has 1 atom stereocenters. The molecule has 0 fully saturated rings. The van der Waals surface area contributed by atoms with E-state index in [0.29, 0.717) is 18.0 Å². The first-order valence-electron chi connectivity index (χ1n) is 8.57. The Labute approximate surface area is 153 Å². The molecule has 0 unspecified atom stereocenters. The molecule has 2 aromatic carbocycles. The fraction of sp³-hybridized carbons (Fsp3) is 0.300. The summed E-state index contributed by atoms with van der Waals surface area (Å²) in [6, 6.07) is 15.3. The molecule has 136 valence electrons. The van der Waals surface area contributed by atoms with Gasteiger partial charge in [0.15, 0.2) is 6.10 Å². The highest BCUT2D eigenvalue weighted by atomic mass is 16.5. The summed E-state index contributed by atoms with van der Waals surface area (Å²) in [6.45, 7) is 1.30. The van der Waals surface area contributed by atoms with Crippen LogP contribution in [0.1, 0.15) is 17.5 Å². The van der Waals surface area contributed by atoms with E-state index in [0.717, 1.165) is 12.1 Å². The van der Waals surface area contributed by atoms with E-state index < -0.39 is 6.10 Å². The van der Waals surface area contributed by atoms with Gasteiger partial charge in [0.05, 0.1) is 12.1 Å². The van der Waals surface area contributed by atoms with E-state index in [1.54, 1.807) is 12.1 Å². The summed E-state index contributed by atoms with van der Waals surface area (Å²) in [6.07, 6.45) is -0.828. The number of fused-ring (bicyclic) bond motifs is 1. The molecule has 1 aliphatic rings. The maximum absolute atomic E-state index is 12.2. The van der Waals surface area contributed by atoms with Gasteiger partial charge in [-0.05, 0) is 37.4 Å². The van der Waals surface area contributed by atoms with Gasteiger partial charge in [-0.25, -0.2) is 0 Å². The number of benzene rings is 2. The van der Waals surface area contributed by atoms with E-state index >= 15 is 0 Å². The summed E-state index contributed by atoms with van der Waals surface area (Å²) in [5.41, 5.74) is 2.86. The second kappa shape index (κ2) is 8.01. The van der Waals surface area contributed by atoms with Gasteiger partial charge in [-0.1, -0.05) is 36.4 Å². The molecule has 2 N–H and O–H groups in total. The zero-order valence-corrected chi connectivity index (χ0v) is 15.0. The van der Waals surface area contributed by atoms with Crippen molar-refractivity contribution in [2.45, 2.75) is 25.6 Å². The SMILES string of the molecule is CN(C)Cc1ccc(CNC(=O)C[C@H]2Oc3ccccc3NC2=O)cc1. The predicted molar refractivity (Wildman–Crippen MR) is 99.8 cm³/mol. The van der Waals surface area contributed by atoms with Gasteiger partial charge in [0, 0.05) is 13.1 Å². The minimum atomic E-state index is -0.813. The molecule has 3 rings (SSSR count). The average Bonchev–Trinajstić information content (AvgIpc) is 2.61. The van der Waals surface area contributed by atoms with Crippen molar-refractivity contribution in [3.63, 3.8) is 0 Å². The molecule has 1 heterocycles. The number of anilines is 1. The molecular weight excluding hydrogens is 330 g/mol. The molecule has 0 radical (unpaired) electrons. The van der Waals surface area contributed by atoms with Crippen LogP contribution in [0.15, 0.2) is 48.5 Å². The smallest absolute Gasteiger partial charge is 0.266 e. The van der Waals surface area contributed by atoms with Crippen LogP contribution in [0.4, 0.5) is 5.69 Å². The summed E-state index contributed by atoms with van der Waals surface area (Å²) >= 11 is 0. The lowest BCUT2D eigenvalue weighted by atomic mass is 10.1. The molecule has 1 aliphatic heterocycles. The number of hydrogen-bond acceptors (Lipinski definition) is 4. The predicted octanol–water partition coefficient (Wildman–Crippen LogP) is 2.15. The lowest BCUT2D eigenvalue weighted by Gasteiger charge is -2.25. The first-order valence-corrected chi connectivity index (χ1v) is 8.57. The third-order valence-electron chi connectivity index (χ3n) is 4.09.